The Balaban J connectivity index is 1.05. The summed E-state index contributed by atoms with van der Waals surface area (Å²) in [5.41, 5.74) is 17.7. The van der Waals surface area contributed by atoms with Crippen molar-refractivity contribution >= 4 is 86.2 Å². The fourth-order valence-electron chi connectivity index (χ4n) is 14.5. The van der Waals surface area contributed by atoms with Gasteiger partial charge < -0.3 is 0 Å². The van der Waals surface area contributed by atoms with Crippen LogP contribution >= 0.6 is 0 Å². The Labute approximate surface area is 514 Å². The molecule has 0 saturated carbocycles. The third-order valence-electron chi connectivity index (χ3n) is 18.4. The van der Waals surface area contributed by atoms with E-state index in [1.54, 1.807) is 0 Å². The molecule has 0 atom stereocenters. The molecule has 414 valence electrons. The summed E-state index contributed by atoms with van der Waals surface area (Å²) in [5.74, 6) is 0. The maximum Gasteiger partial charge on any atom is -0.00137 e. The zero-order chi connectivity index (χ0) is 58.9. The lowest BCUT2D eigenvalue weighted by molar-refractivity contribution is 0.592. The Hall–Kier alpha value is -10.9. The Morgan fingerprint density at radius 2 is 0.375 bits per heavy atom. The van der Waals surface area contributed by atoms with Crippen molar-refractivity contribution in [3.8, 4) is 77.9 Å². The van der Waals surface area contributed by atoms with E-state index in [4.69, 9.17) is 0 Å². The lowest BCUT2D eigenvalue weighted by Gasteiger charge is -2.30. The van der Waals surface area contributed by atoms with Crippen LogP contribution in [-0.2, 0) is 5.41 Å². The number of fused-ring (bicyclic) bond motifs is 16. The number of hydrogen-bond donors (Lipinski definition) is 0. The van der Waals surface area contributed by atoms with Gasteiger partial charge in [-0.25, -0.2) is 0 Å². The topological polar surface area (TPSA) is 0 Å². The molecule has 0 heterocycles. The second-order valence-corrected chi connectivity index (χ2v) is 24.5. The Morgan fingerprint density at radius 3 is 0.648 bits per heavy atom. The van der Waals surface area contributed by atoms with Crippen molar-refractivity contribution in [1.82, 2.24) is 0 Å². The highest BCUT2D eigenvalue weighted by Crippen LogP contribution is 2.57. The third kappa shape index (κ3) is 8.82. The molecule has 0 saturated heterocycles. The molecular weight excluding hydrogens is 1060 g/mol. The van der Waals surface area contributed by atoms with Gasteiger partial charge in [0.25, 0.3) is 0 Å². The van der Waals surface area contributed by atoms with Crippen LogP contribution in [0.4, 0.5) is 0 Å². The first kappa shape index (κ1) is 52.6. The normalized spacial score (nSPS) is 11.8. The summed E-state index contributed by atoms with van der Waals surface area (Å²) >= 11 is 0. The molecule has 16 aromatic rings. The van der Waals surface area contributed by atoms with Crippen molar-refractivity contribution in [3.05, 3.63) is 327 Å². The van der Waals surface area contributed by atoms with Crippen LogP contribution in [0.1, 0.15) is 26.3 Å². The summed E-state index contributed by atoms with van der Waals surface area (Å²) in [6.07, 6.45) is 0. The van der Waals surface area contributed by atoms with Crippen LogP contribution in [0.15, 0.2) is 322 Å². The zero-order valence-corrected chi connectivity index (χ0v) is 49.6. The van der Waals surface area contributed by atoms with Crippen LogP contribution in [0.25, 0.3) is 164 Å². The van der Waals surface area contributed by atoms with Crippen molar-refractivity contribution in [2.45, 2.75) is 26.2 Å². The maximum absolute atomic E-state index is 2.53. The minimum absolute atomic E-state index is 0.209. The van der Waals surface area contributed by atoms with Crippen LogP contribution < -0.4 is 0 Å². The minimum Gasteiger partial charge on any atom is -0.0622 e. The molecule has 0 nitrogen and oxygen atoms in total. The lowest BCUT2D eigenvalue weighted by Crippen LogP contribution is -2.13. The fraction of sp³-hybridized carbons (Fsp3) is 0.0455. The first-order chi connectivity index (χ1) is 43.4. The molecule has 16 aromatic carbocycles. The number of benzene rings is 14. The van der Waals surface area contributed by atoms with E-state index < -0.39 is 0 Å². The smallest absolute Gasteiger partial charge is 0.00137 e. The quantitative estimate of drug-likeness (QED) is 0.149. The average molecular weight is 1120 g/mol. The van der Waals surface area contributed by atoms with Gasteiger partial charge in [0.1, 0.15) is 0 Å². The van der Waals surface area contributed by atoms with Crippen molar-refractivity contribution in [1.29, 1.82) is 0 Å². The lowest BCUT2D eigenvalue weighted by atomic mass is 9.73. The molecule has 0 spiro atoms. The Kier molecular flexibility index (Phi) is 12.9. The Bertz CT molecular complexity index is 5380. The van der Waals surface area contributed by atoms with E-state index in [1.807, 2.05) is 0 Å². The fourth-order valence-corrected chi connectivity index (χ4v) is 14.5. The van der Waals surface area contributed by atoms with E-state index in [0.29, 0.717) is 0 Å². The van der Waals surface area contributed by atoms with Gasteiger partial charge in [-0.05, 0) is 199 Å². The van der Waals surface area contributed by atoms with Crippen LogP contribution in [0, 0.1) is 0 Å². The van der Waals surface area contributed by atoms with Gasteiger partial charge in [-0.2, -0.15) is 0 Å². The van der Waals surface area contributed by atoms with Gasteiger partial charge in [-0.3, -0.25) is 0 Å². The summed E-state index contributed by atoms with van der Waals surface area (Å²) in [4.78, 5) is 0. The summed E-state index contributed by atoms with van der Waals surface area (Å²) in [6, 6.07) is 121. The van der Waals surface area contributed by atoms with Crippen molar-refractivity contribution in [3.63, 3.8) is 0 Å². The molecule has 0 aliphatic heterocycles. The second-order valence-electron chi connectivity index (χ2n) is 24.5. The first-order valence-corrected chi connectivity index (χ1v) is 30.8. The van der Waals surface area contributed by atoms with Crippen LogP contribution in [0.2, 0.25) is 0 Å². The number of hydrogen-bond acceptors (Lipinski definition) is 0. The van der Waals surface area contributed by atoms with Crippen LogP contribution in [0.5, 0.6) is 0 Å². The van der Waals surface area contributed by atoms with Gasteiger partial charge in [0.2, 0.25) is 0 Å². The molecule has 0 aliphatic carbocycles. The Morgan fingerprint density at radius 1 is 0.159 bits per heavy atom. The highest BCUT2D eigenvalue weighted by Gasteiger charge is 2.30. The molecule has 0 amide bonds. The van der Waals surface area contributed by atoms with Gasteiger partial charge in [-0.1, -0.05) is 318 Å². The van der Waals surface area contributed by atoms with Gasteiger partial charge >= 0.3 is 0 Å². The van der Waals surface area contributed by atoms with Crippen LogP contribution in [-0.4, -0.2) is 0 Å². The summed E-state index contributed by atoms with van der Waals surface area (Å²) in [6.45, 7) is 7.09. The second kappa shape index (κ2) is 21.5. The molecule has 0 radical (unpaired) electrons. The third-order valence-corrected chi connectivity index (χ3v) is 18.4. The highest BCUT2D eigenvalue weighted by atomic mass is 14.3. The predicted octanol–water partition coefficient (Wildman–Crippen LogP) is 25.0. The molecule has 0 unspecified atom stereocenters. The number of rotatable bonds is 7. The van der Waals surface area contributed by atoms with Gasteiger partial charge in [0.15, 0.2) is 0 Å². The summed E-state index contributed by atoms with van der Waals surface area (Å²) in [7, 11) is 0. The first-order valence-electron chi connectivity index (χ1n) is 30.8. The van der Waals surface area contributed by atoms with E-state index in [1.165, 1.54) is 142 Å². The molecule has 0 aliphatic rings. The molecule has 0 N–H and O–H groups in total. The molecule has 0 fully saturated rings. The predicted molar refractivity (Wildman–Crippen MR) is 381 cm³/mol. The summed E-state index contributed by atoms with van der Waals surface area (Å²) in [5, 5.41) is 19.7. The molecule has 16 rings (SSSR count). The molecule has 88 heavy (non-hydrogen) atoms. The standard InChI is InChI=1S/C88H62/c1-88(2,3)81-52-50-63(87-85(60-35-15-7-16-36-60)83(58-31-11-5-12-32-58)82(57-29-9-4-10-30-57)84(59-33-13-6-14-34-59)86(87)61-37-17-8-18-38-61)54-75(81)62-49-51-74-68-43-23-26-46-71(68)79-55-77-69-44-24-21-41-66(69)64-39-19-20-40-65(64)67-42-22-25-45-70(67)78(77)56-80(79)73-48-28-27-47-72(73)76(74)53-62/h4-56H,1-3H3. The SMILES string of the molecule is CC(C)(C)c1ccc(-c2c(-c3ccccc3)c(-c3ccccc3)c(-c3ccccc3)c(-c3ccccc3)c2-c2ccccc2)cc1-c1ccc2c3ccccc3c3cc4c5ccccc5c5ccccc5c5ccccc5c4cc3c3ccccc3c2c1. The minimum atomic E-state index is -0.209. The van der Waals surface area contributed by atoms with Crippen molar-refractivity contribution in [2.75, 3.05) is 0 Å². The van der Waals surface area contributed by atoms with Gasteiger partial charge in [0.05, 0.1) is 0 Å². The molecule has 0 bridgehead atoms. The molecular formula is C88H62. The van der Waals surface area contributed by atoms with Gasteiger partial charge in [-0.15, -0.1) is 0 Å². The molecule has 0 heteroatoms. The maximum atomic E-state index is 2.53. The van der Waals surface area contributed by atoms with E-state index in [2.05, 4.69) is 342 Å². The van der Waals surface area contributed by atoms with Crippen molar-refractivity contribution < 1.29 is 0 Å². The summed E-state index contributed by atoms with van der Waals surface area (Å²) < 4.78 is 0. The monoisotopic (exact) mass is 1120 g/mol. The molecule has 0 aromatic heterocycles. The zero-order valence-electron chi connectivity index (χ0n) is 49.6. The van der Waals surface area contributed by atoms with E-state index >= 15 is 0 Å². The van der Waals surface area contributed by atoms with E-state index in [9.17, 15) is 0 Å². The largest absolute Gasteiger partial charge is 0.0622 e. The average Bonchev–Trinajstić information content (AvgIpc) is 0.893. The van der Waals surface area contributed by atoms with Gasteiger partial charge in [0, 0.05) is 0 Å². The van der Waals surface area contributed by atoms with E-state index in [-0.39, 0.29) is 5.41 Å². The van der Waals surface area contributed by atoms with Crippen LogP contribution in [0.3, 0.4) is 0 Å². The van der Waals surface area contributed by atoms with E-state index in [0.717, 1.165) is 27.8 Å². The highest BCUT2D eigenvalue weighted by molar-refractivity contribution is 6.32. The van der Waals surface area contributed by atoms with Crippen molar-refractivity contribution in [2.24, 2.45) is 0 Å².